The number of nitrogens with zero attached hydrogens (tertiary/aromatic N) is 4. The molecule has 0 radical (unpaired) electrons. The Kier molecular flexibility index (Phi) is 6.43. The highest BCUT2D eigenvalue weighted by atomic mass is 16.1. The number of likely N-dealkylation sites (N-methyl/N-ethyl adjacent to an activating group) is 1. The van der Waals surface area contributed by atoms with Crippen molar-refractivity contribution in [3.8, 4) is 11.3 Å². The van der Waals surface area contributed by atoms with Gasteiger partial charge in [0.1, 0.15) is 6.29 Å². The van der Waals surface area contributed by atoms with Crippen LogP contribution in [-0.2, 0) is 11.3 Å². The molecular formula is C21H22N6O. The molecule has 2 heterocycles. The summed E-state index contributed by atoms with van der Waals surface area (Å²) < 4.78 is 0. The van der Waals surface area contributed by atoms with E-state index in [0.717, 1.165) is 28.8 Å². The number of nitrogen functional groups attached to an aromatic ring is 1. The van der Waals surface area contributed by atoms with E-state index >= 15 is 0 Å². The van der Waals surface area contributed by atoms with Crippen molar-refractivity contribution in [1.29, 1.82) is 0 Å². The zero-order valence-electron chi connectivity index (χ0n) is 15.6. The molecule has 3 rings (SSSR count). The molecule has 0 bridgehead atoms. The van der Waals surface area contributed by atoms with Gasteiger partial charge in [0.15, 0.2) is 0 Å². The van der Waals surface area contributed by atoms with E-state index in [2.05, 4.69) is 25.2 Å². The second-order valence-electron chi connectivity index (χ2n) is 6.36. The van der Waals surface area contributed by atoms with Crippen LogP contribution in [-0.4, -0.2) is 39.7 Å². The predicted octanol–water partition coefficient (Wildman–Crippen LogP) is 3.05. The van der Waals surface area contributed by atoms with E-state index in [1.165, 1.54) is 6.08 Å². The second-order valence-corrected chi connectivity index (χ2v) is 6.36. The van der Waals surface area contributed by atoms with Crippen molar-refractivity contribution in [2.75, 3.05) is 24.6 Å². The molecule has 0 unspecified atom stereocenters. The van der Waals surface area contributed by atoms with E-state index in [1.54, 1.807) is 18.6 Å². The average Bonchev–Trinajstić information content (AvgIpc) is 2.68. The number of allylic oxidation sites excluding steroid dienone is 1. The predicted molar refractivity (Wildman–Crippen MR) is 111 cm³/mol. The van der Waals surface area contributed by atoms with Crippen LogP contribution in [0.2, 0.25) is 0 Å². The van der Waals surface area contributed by atoms with Gasteiger partial charge in [0, 0.05) is 48.6 Å². The van der Waals surface area contributed by atoms with E-state index in [9.17, 15) is 4.79 Å². The van der Waals surface area contributed by atoms with E-state index in [0.29, 0.717) is 24.7 Å². The SMILES string of the molecule is CN(C/C=C/C=O)Cc1cc(N)cc(Nc2nccc(-c3cccnc3)n2)c1. The maximum atomic E-state index is 10.4. The Morgan fingerprint density at radius 1 is 1.21 bits per heavy atom. The highest BCUT2D eigenvalue weighted by Gasteiger charge is 2.06. The van der Waals surface area contributed by atoms with E-state index < -0.39 is 0 Å². The molecule has 0 aliphatic heterocycles. The number of aldehydes is 1. The van der Waals surface area contributed by atoms with Crippen molar-refractivity contribution in [2.24, 2.45) is 0 Å². The van der Waals surface area contributed by atoms with E-state index in [4.69, 9.17) is 5.73 Å². The van der Waals surface area contributed by atoms with Crippen LogP contribution >= 0.6 is 0 Å². The third kappa shape index (κ3) is 5.46. The fourth-order valence-electron chi connectivity index (χ4n) is 2.78. The van der Waals surface area contributed by atoms with Gasteiger partial charge in [0.05, 0.1) is 5.69 Å². The Labute approximate surface area is 164 Å². The summed E-state index contributed by atoms with van der Waals surface area (Å²) in [6, 6.07) is 11.4. The Bertz CT molecular complexity index is 958. The molecule has 142 valence electrons. The quantitative estimate of drug-likeness (QED) is 0.355. The second kappa shape index (κ2) is 9.38. The number of carbonyl (C=O) groups is 1. The minimum absolute atomic E-state index is 0.486. The summed E-state index contributed by atoms with van der Waals surface area (Å²) >= 11 is 0. The minimum atomic E-state index is 0.486. The molecule has 0 aliphatic carbocycles. The number of hydrogen-bond donors (Lipinski definition) is 2. The smallest absolute Gasteiger partial charge is 0.227 e. The molecule has 7 heteroatoms. The van der Waals surface area contributed by atoms with E-state index in [1.807, 2.05) is 49.5 Å². The Morgan fingerprint density at radius 2 is 2.11 bits per heavy atom. The molecule has 0 saturated heterocycles. The number of nitrogens with two attached hydrogens (primary N) is 1. The molecule has 3 aromatic rings. The fraction of sp³-hybridized carbons (Fsp3) is 0.143. The summed E-state index contributed by atoms with van der Waals surface area (Å²) in [7, 11) is 1.98. The molecule has 0 fully saturated rings. The monoisotopic (exact) mass is 374 g/mol. The summed E-state index contributed by atoms with van der Waals surface area (Å²) in [5.74, 6) is 0.486. The Balaban J connectivity index is 1.75. The largest absolute Gasteiger partial charge is 0.399 e. The topological polar surface area (TPSA) is 97.0 Å². The molecule has 0 spiro atoms. The molecule has 0 atom stereocenters. The van der Waals surface area contributed by atoms with Crippen LogP contribution in [0.25, 0.3) is 11.3 Å². The van der Waals surface area contributed by atoms with Gasteiger partial charge < -0.3 is 11.1 Å². The molecule has 0 amide bonds. The van der Waals surface area contributed by atoms with Crippen LogP contribution in [0, 0.1) is 0 Å². The van der Waals surface area contributed by atoms with Gasteiger partial charge in [-0.15, -0.1) is 0 Å². The summed E-state index contributed by atoms with van der Waals surface area (Å²) in [5, 5.41) is 3.22. The minimum Gasteiger partial charge on any atom is -0.399 e. The number of rotatable bonds is 8. The lowest BCUT2D eigenvalue weighted by Crippen LogP contribution is -2.17. The molecule has 0 saturated carbocycles. The maximum absolute atomic E-state index is 10.4. The van der Waals surface area contributed by atoms with E-state index in [-0.39, 0.29) is 0 Å². The van der Waals surface area contributed by atoms with Crippen molar-refractivity contribution in [1.82, 2.24) is 19.9 Å². The summed E-state index contributed by atoms with van der Waals surface area (Å²) in [5.41, 5.74) is 10.3. The van der Waals surface area contributed by atoms with Gasteiger partial charge in [-0.1, -0.05) is 6.08 Å². The molecule has 0 aliphatic rings. The van der Waals surface area contributed by atoms with Crippen LogP contribution < -0.4 is 11.1 Å². The molecule has 28 heavy (non-hydrogen) atoms. The van der Waals surface area contributed by atoms with Gasteiger partial charge in [-0.05, 0) is 55.1 Å². The van der Waals surface area contributed by atoms with Gasteiger partial charge >= 0.3 is 0 Å². The normalized spacial score (nSPS) is 11.1. The Morgan fingerprint density at radius 3 is 2.89 bits per heavy atom. The average molecular weight is 374 g/mol. The first-order chi connectivity index (χ1) is 13.6. The third-order valence-electron chi connectivity index (χ3n) is 3.97. The zero-order valence-corrected chi connectivity index (χ0v) is 15.6. The van der Waals surface area contributed by atoms with Crippen molar-refractivity contribution in [3.63, 3.8) is 0 Å². The maximum Gasteiger partial charge on any atom is 0.227 e. The van der Waals surface area contributed by atoms with Crippen LogP contribution in [0.4, 0.5) is 17.3 Å². The van der Waals surface area contributed by atoms with Crippen molar-refractivity contribution in [2.45, 2.75) is 6.54 Å². The van der Waals surface area contributed by atoms with Crippen molar-refractivity contribution < 1.29 is 4.79 Å². The first-order valence-corrected chi connectivity index (χ1v) is 8.83. The number of hydrogen-bond acceptors (Lipinski definition) is 7. The van der Waals surface area contributed by atoms with Gasteiger partial charge in [-0.2, -0.15) is 0 Å². The lowest BCUT2D eigenvalue weighted by molar-refractivity contribution is -0.104. The number of anilines is 3. The van der Waals surface area contributed by atoms with Gasteiger partial charge in [-0.25, -0.2) is 9.97 Å². The lowest BCUT2D eigenvalue weighted by atomic mass is 10.1. The summed E-state index contributed by atoms with van der Waals surface area (Å²) in [6.07, 6.45) is 9.28. The number of carbonyl (C=O) groups excluding carboxylic acids is 1. The molecule has 2 aromatic heterocycles. The number of pyridine rings is 1. The van der Waals surface area contributed by atoms with Crippen LogP contribution in [0.3, 0.4) is 0 Å². The molecular weight excluding hydrogens is 352 g/mol. The van der Waals surface area contributed by atoms with Gasteiger partial charge in [0.2, 0.25) is 5.95 Å². The number of benzene rings is 1. The zero-order chi connectivity index (χ0) is 19.8. The summed E-state index contributed by atoms with van der Waals surface area (Å²) in [6.45, 7) is 1.37. The Hall–Kier alpha value is -3.58. The lowest BCUT2D eigenvalue weighted by Gasteiger charge is -2.16. The highest BCUT2D eigenvalue weighted by molar-refractivity contribution is 5.65. The summed E-state index contributed by atoms with van der Waals surface area (Å²) in [4.78, 5) is 25.4. The first kappa shape index (κ1) is 19.2. The van der Waals surface area contributed by atoms with Gasteiger partial charge in [-0.3, -0.25) is 14.7 Å². The number of aromatic nitrogens is 3. The molecule has 7 nitrogen and oxygen atoms in total. The van der Waals surface area contributed by atoms with Crippen LogP contribution in [0.5, 0.6) is 0 Å². The van der Waals surface area contributed by atoms with Crippen molar-refractivity contribution in [3.05, 3.63) is 72.7 Å². The first-order valence-electron chi connectivity index (χ1n) is 8.83. The standard InChI is InChI=1S/C21H22N6O/c1-27(9-2-3-10-28)15-16-11-18(22)13-19(12-16)25-21-24-8-6-20(26-21)17-5-4-7-23-14-17/h2-8,10-14H,9,15,22H2,1H3,(H,24,25,26)/b3-2+. The number of nitrogens with one attached hydrogen (secondary N) is 1. The van der Waals surface area contributed by atoms with Crippen LogP contribution in [0.1, 0.15) is 5.56 Å². The van der Waals surface area contributed by atoms with Crippen molar-refractivity contribution >= 4 is 23.6 Å². The third-order valence-corrected chi connectivity index (χ3v) is 3.97. The molecule has 1 aromatic carbocycles. The van der Waals surface area contributed by atoms with Gasteiger partial charge in [0.25, 0.3) is 0 Å². The highest BCUT2D eigenvalue weighted by Crippen LogP contribution is 2.22. The van der Waals surface area contributed by atoms with Crippen LogP contribution in [0.15, 0.2) is 67.1 Å². The molecule has 3 N–H and O–H groups in total. The fourth-order valence-corrected chi connectivity index (χ4v) is 2.78.